The Hall–Kier alpha value is -1.79. The van der Waals surface area contributed by atoms with Crippen LogP contribution in [0.4, 0.5) is 10.5 Å². The zero-order valence-electron chi connectivity index (χ0n) is 15.5. The topological polar surface area (TPSA) is 61.9 Å². The van der Waals surface area contributed by atoms with E-state index in [1.165, 1.54) is 0 Å². The number of anilines is 1. The summed E-state index contributed by atoms with van der Waals surface area (Å²) >= 11 is 6.05. The van der Waals surface area contributed by atoms with Crippen molar-refractivity contribution in [3.63, 3.8) is 0 Å². The van der Waals surface area contributed by atoms with Crippen LogP contribution in [-0.4, -0.2) is 62.1 Å². The molecule has 2 aliphatic rings. The van der Waals surface area contributed by atoms with Crippen molar-refractivity contribution < 1.29 is 14.3 Å². The smallest absolute Gasteiger partial charge is 0.321 e. The van der Waals surface area contributed by atoms with E-state index in [4.69, 9.17) is 16.3 Å². The summed E-state index contributed by atoms with van der Waals surface area (Å²) in [5, 5.41) is 3.53. The zero-order valence-corrected chi connectivity index (χ0v) is 16.3. The SMILES string of the molecule is Cc1ccc(Cl)cc1NC(=O)N1CC(C(=O)N(C)C)C2(CCOCC2)C1. The van der Waals surface area contributed by atoms with E-state index in [2.05, 4.69) is 5.32 Å². The van der Waals surface area contributed by atoms with Crippen LogP contribution < -0.4 is 5.32 Å². The van der Waals surface area contributed by atoms with E-state index < -0.39 is 0 Å². The average molecular weight is 380 g/mol. The molecule has 26 heavy (non-hydrogen) atoms. The van der Waals surface area contributed by atoms with E-state index in [9.17, 15) is 9.59 Å². The van der Waals surface area contributed by atoms with Crippen molar-refractivity contribution in [2.45, 2.75) is 19.8 Å². The van der Waals surface area contributed by atoms with Crippen molar-refractivity contribution in [3.8, 4) is 0 Å². The second-order valence-electron chi connectivity index (χ2n) is 7.53. The van der Waals surface area contributed by atoms with Crippen LogP contribution in [0.1, 0.15) is 18.4 Å². The molecule has 1 spiro atoms. The molecule has 6 nitrogen and oxygen atoms in total. The lowest BCUT2D eigenvalue weighted by molar-refractivity contribution is -0.138. The Kier molecular flexibility index (Phi) is 5.44. The summed E-state index contributed by atoms with van der Waals surface area (Å²) in [6, 6.07) is 5.23. The summed E-state index contributed by atoms with van der Waals surface area (Å²) in [5.74, 6) is -0.103. The van der Waals surface area contributed by atoms with Gasteiger partial charge in [-0.1, -0.05) is 17.7 Å². The Balaban J connectivity index is 1.79. The molecule has 1 aromatic rings. The van der Waals surface area contributed by atoms with Gasteiger partial charge >= 0.3 is 6.03 Å². The number of urea groups is 1. The molecule has 3 amide bonds. The first-order chi connectivity index (χ1) is 12.3. The maximum atomic E-state index is 12.9. The molecule has 2 heterocycles. The molecule has 2 saturated heterocycles. The second kappa shape index (κ2) is 7.45. The van der Waals surface area contributed by atoms with Gasteiger partial charge in [-0.05, 0) is 37.5 Å². The van der Waals surface area contributed by atoms with Crippen LogP contribution in [0.25, 0.3) is 0 Å². The van der Waals surface area contributed by atoms with Gasteiger partial charge in [0.25, 0.3) is 0 Å². The molecule has 0 saturated carbocycles. The predicted molar refractivity (Wildman–Crippen MR) is 101 cm³/mol. The maximum Gasteiger partial charge on any atom is 0.321 e. The number of nitrogens with one attached hydrogen (secondary N) is 1. The average Bonchev–Trinajstić information content (AvgIpc) is 2.96. The molecule has 1 unspecified atom stereocenters. The van der Waals surface area contributed by atoms with Crippen molar-refractivity contribution in [1.29, 1.82) is 0 Å². The van der Waals surface area contributed by atoms with Crippen LogP contribution in [0.15, 0.2) is 18.2 Å². The highest BCUT2D eigenvalue weighted by Gasteiger charge is 2.52. The first kappa shape index (κ1) is 19.0. The molecule has 7 heteroatoms. The molecule has 3 rings (SSSR count). The Morgan fingerprint density at radius 2 is 2.00 bits per heavy atom. The number of hydrogen-bond donors (Lipinski definition) is 1. The van der Waals surface area contributed by atoms with E-state index in [1.54, 1.807) is 36.0 Å². The lowest BCUT2D eigenvalue weighted by Gasteiger charge is -2.37. The predicted octanol–water partition coefficient (Wildman–Crippen LogP) is 3.00. The molecule has 2 aliphatic heterocycles. The molecule has 142 valence electrons. The van der Waals surface area contributed by atoms with Gasteiger partial charge in [-0.15, -0.1) is 0 Å². The van der Waals surface area contributed by atoms with Crippen LogP contribution >= 0.6 is 11.6 Å². The Bertz CT molecular complexity index is 701. The van der Waals surface area contributed by atoms with Crippen LogP contribution in [-0.2, 0) is 9.53 Å². The van der Waals surface area contributed by atoms with E-state index >= 15 is 0 Å². The number of carbonyl (C=O) groups excluding carboxylic acids is 2. The number of benzene rings is 1. The van der Waals surface area contributed by atoms with Gasteiger partial charge in [0.2, 0.25) is 5.91 Å². The monoisotopic (exact) mass is 379 g/mol. The number of ether oxygens (including phenoxy) is 1. The minimum atomic E-state index is -0.194. The molecule has 2 fully saturated rings. The van der Waals surface area contributed by atoms with Crippen molar-refractivity contribution in [2.75, 3.05) is 45.7 Å². The van der Waals surface area contributed by atoms with Crippen molar-refractivity contribution in [1.82, 2.24) is 9.80 Å². The number of hydrogen-bond acceptors (Lipinski definition) is 3. The summed E-state index contributed by atoms with van der Waals surface area (Å²) in [4.78, 5) is 29.0. The van der Waals surface area contributed by atoms with Gasteiger partial charge in [-0.2, -0.15) is 0 Å². The number of carbonyl (C=O) groups is 2. The number of likely N-dealkylation sites (tertiary alicyclic amines) is 1. The lowest BCUT2D eigenvalue weighted by atomic mass is 9.71. The Morgan fingerprint density at radius 1 is 1.31 bits per heavy atom. The first-order valence-electron chi connectivity index (χ1n) is 8.93. The van der Waals surface area contributed by atoms with Gasteiger partial charge in [-0.25, -0.2) is 4.79 Å². The highest BCUT2D eigenvalue weighted by Crippen LogP contribution is 2.45. The van der Waals surface area contributed by atoms with Gasteiger partial charge in [0.15, 0.2) is 0 Å². The van der Waals surface area contributed by atoms with E-state index in [-0.39, 0.29) is 23.3 Å². The third-order valence-corrected chi connectivity index (χ3v) is 5.84. The van der Waals surface area contributed by atoms with Crippen molar-refractivity contribution in [3.05, 3.63) is 28.8 Å². The summed E-state index contributed by atoms with van der Waals surface area (Å²) in [7, 11) is 3.54. The third-order valence-electron chi connectivity index (χ3n) is 5.60. The fourth-order valence-electron chi connectivity index (χ4n) is 3.98. The molecular formula is C19H26ClN3O3. The molecule has 1 atom stereocenters. The maximum absolute atomic E-state index is 12.9. The minimum Gasteiger partial charge on any atom is -0.381 e. The number of halogens is 1. The number of rotatable bonds is 2. The molecule has 0 aromatic heterocycles. The second-order valence-corrected chi connectivity index (χ2v) is 7.97. The normalized spacial score (nSPS) is 21.7. The molecule has 1 aromatic carbocycles. The van der Waals surface area contributed by atoms with Crippen molar-refractivity contribution in [2.24, 2.45) is 11.3 Å². The highest BCUT2D eigenvalue weighted by molar-refractivity contribution is 6.31. The fraction of sp³-hybridized carbons (Fsp3) is 0.579. The van der Waals surface area contributed by atoms with Crippen molar-refractivity contribution >= 4 is 29.2 Å². The number of amides is 3. The quantitative estimate of drug-likeness (QED) is 0.859. The van der Waals surface area contributed by atoms with Crippen LogP contribution in [0.2, 0.25) is 5.02 Å². The summed E-state index contributed by atoms with van der Waals surface area (Å²) in [6.45, 7) is 4.21. The summed E-state index contributed by atoms with van der Waals surface area (Å²) in [5.41, 5.74) is 1.45. The van der Waals surface area contributed by atoms with Crippen LogP contribution in [0, 0.1) is 18.3 Å². The van der Waals surface area contributed by atoms with E-state index in [0.29, 0.717) is 37.0 Å². The van der Waals surface area contributed by atoms with E-state index in [0.717, 1.165) is 18.4 Å². The van der Waals surface area contributed by atoms with Gasteiger partial charge in [0, 0.05) is 56.5 Å². The zero-order chi connectivity index (χ0) is 18.9. The molecule has 0 aliphatic carbocycles. The van der Waals surface area contributed by atoms with Gasteiger partial charge < -0.3 is 19.9 Å². The largest absolute Gasteiger partial charge is 0.381 e. The molecule has 1 N–H and O–H groups in total. The fourth-order valence-corrected chi connectivity index (χ4v) is 4.16. The molecular weight excluding hydrogens is 354 g/mol. The molecule has 0 bridgehead atoms. The van der Waals surface area contributed by atoms with Gasteiger partial charge in [0.1, 0.15) is 0 Å². The third kappa shape index (κ3) is 3.67. The first-order valence-corrected chi connectivity index (χ1v) is 9.31. The lowest BCUT2D eigenvalue weighted by Crippen LogP contribution is -2.44. The van der Waals surface area contributed by atoms with Crippen LogP contribution in [0.5, 0.6) is 0 Å². The van der Waals surface area contributed by atoms with Gasteiger partial charge in [-0.3, -0.25) is 4.79 Å². The summed E-state index contributed by atoms with van der Waals surface area (Å²) in [6.07, 6.45) is 1.61. The summed E-state index contributed by atoms with van der Waals surface area (Å²) < 4.78 is 5.51. The standard InChI is InChI=1S/C19H26ClN3O3/c1-13-4-5-14(20)10-16(13)21-18(25)23-11-15(17(24)22(2)3)19(12-23)6-8-26-9-7-19/h4-5,10,15H,6-9,11-12H2,1-3H3,(H,21,25). The van der Waals surface area contributed by atoms with Gasteiger partial charge in [0.05, 0.1) is 5.92 Å². The van der Waals surface area contributed by atoms with E-state index in [1.807, 2.05) is 13.0 Å². The number of aryl methyl sites for hydroxylation is 1. The number of nitrogens with zero attached hydrogens (tertiary/aromatic N) is 2. The van der Waals surface area contributed by atoms with Crippen LogP contribution in [0.3, 0.4) is 0 Å². The minimum absolute atomic E-state index is 0.0844. The Morgan fingerprint density at radius 3 is 2.65 bits per heavy atom. The highest BCUT2D eigenvalue weighted by atomic mass is 35.5. The Labute approximate surface area is 159 Å². The molecule has 0 radical (unpaired) electrons.